The summed E-state index contributed by atoms with van der Waals surface area (Å²) in [5.74, 6) is -0.894. The lowest BCUT2D eigenvalue weighted by atomic mass is 9.92. The second kappa shape index (κ2) is 13.9. The fourth-order valence-corrected chi connectivity index (χ4v) is 3.79. The Balaban J connectivity index is 2.13. The highest BCUT2D eigenvalue weighted by atomic mass is 16.6. The second-order valence-electron chi connectivity index (χ2n) is 10.4. The number of benzene rings is 2. The minimum absolute atomic E-state index is 0.305. The number of carbonyl (C=O) groups excluding carboxylic acids is 3. The van der Waals surface area contributed by atoms with E-state index in [-0.39, 0.29) is 0 Å². The minimum Gasteiger partial charge on any atom is -0.465 e. The maximum Gasteiger partial charge on any atom is 0.408 e. The summed E-state index contributed by atoms with van der Waals surface area (Å²) < 4.78 is 5.74. The van der Waals surface area contributed by atoms with E-state index >= 15 is 0 Å². The fourth-order valence-electron chi connectivity index (χ4n) is 3.79. The molecule has 2 amide bonds. The molecular weight excluding hydrogens is 504 g/mol. The highest BCUT2D eigenvalue weighted by Crippen LogP contribution is 2.28. The molecule has 0 aliphatic rings. The van der Waals surface area contributed by atoms with E-state index in [9.17, 15) is 29.4 Å². The normalized spacial score (nSPS) is 11.7. The molecule has 0 aliphatic carbocycles. The molecule has 0 saturated heterocycles. The molecule has 2 aromatic carbocycles. The molecular formula is C29H38N2O8. The first-order valence-corrected chi connectivity index (χ1v) is 12.9. The summed E-state index contributed by atoms with van der Waals surface area (Å²) in [6.07, 6.45) is 0.450. The number of carboxylic acid groups (broad SMARTS) is 1. The van der Waals surface area contributed by atoms with Gasteiger partial charge in [-0.05, 0) is 51.7 Å². The van der Waals surface area contributed by atoms with Gasteiger partial charge in [-0.15, -0.1) is 0 Å². The monoisotopic (exact) mass is 542 g/mol. The Morgan fingerprint density at radius 1 is 0.692 bits per heavy atom. The summed E-state index contributed by atoms with van der Waals surface area (Å²) >= 11 is 0. The topological polar surface area (TPSA) is 162 Å². The van der Waals surface area contributed by atoms with Gasteiger partial charge in [-0.25, -0.2) is 9.59 Å². The third-order valence-electron chi connectivity index (χ3n) is 5.94. The van der Waals surface area contributed by atoms with Crippen LogP contribution in [0, 0.1) is 0 Å². The molecule has 0 unspecified atom stereocenters. The summed E-state index contributed by atoms with van der Waals surface area (Å²) in [5.41, 5.74) is -1.31. The number of aliphatic hydroxyl groups is 2. The van der Waals surface area contributed by atoms with Crippen LogP contribution in [0.5, 0.6) is 0 Å². The zero-order valence-corrected chi connectivity index (χ0v) is 22.8. The average Bonchev–Trinajstić information content (AvgIpc) is 2.87. The molecule has 10 heteroatoms. The van der Waals surface area contributed by atoms with Crippen LogP contribution in [0.3, 0.4) is 0 Å². The maximum absolute atomic E-state index is 12.6. The summed E-state index contributed by atoms with van der Waals surface area (Å²) in [6.45, 7) is 6.38. The van der Waals surface area contributed by atoms with Gasteiger partial charge in [0.25, 0.3) is 0 Å². The van der Waals surface area contributed by atoms with Crippen molar-refractivity contribution in [1.29, 1.82) is 0 Å². The van der Waals surface area contributed by atoms with E-state index in [2.05, 4.69) is 10.6 Å². The third-order valence-corrected chi connectivity index (χ3v) is 5.94. The van der Waals surface area contributed by atoms with E-state index in [0.29, 0.717) is 48.2 Å². The highest BCUT2D eigenvalue weighted by Gasteiger charge is 2.27. The molecule has 0 aromatic heterocycles. The number of carbonyl (C=O) groups is 4. The largest absolute Gasteiger partial charge is 0.465 e. The zero-order chi connectivity index (χ0) is 29.2. The molecule has 0 heterocycles. The molecule has 39 heavy (non-hydrogen) atoms. The maximum atomic E-state index is 12.6. The number of rotatable bonds is 14. The van der Waals surface area contributed by atoms with Gasteiger partial charge in [0, 0.05) is 24.2 Å². The standard InChI is InChI=1S/C29H38N2O8/c1-28(2,37)24(32)21-13-9-19(10-14-21)23(20-11-15-22(16-12-20)25(33)29(3,4)38)39-27(36)31-18-8-6-5-7-17-30-26(34)35/h9-16,23,30,37-38H,5-8,17-18H2,1-4H3,(H,31,36)(H,34,35). The molecule has 0 bridgehead atoms. The van der Waals surface area contributed by atoms with Crippen molar-refractivity contribution in [2.45, 2.75) is 70.7 Å². The fraction of sp³-hybridized carbons (Fsp3) is 0.448. The SMILES string of the molecule is CC(C)(O)C(=O)c1ccc(C(OC(=O)NCCCCCCNC(=O)O)c2ccc(C(=O)C(C)(C)O)cc2)cc1. The van der Waals surface area contributed by atoms with E-state index in [1.54, 1.807) is 48.5 Å². The molecule has 212 valence electrons. The first kappa shape index (κ1) is 31.5. The number of ether oxygens (including phenoxy) is 1. The summed E-state index contributed by atoms with van der Waals surface area (Å²) in [7, 11) is 0. The van der Waals surface area contributed by atoms with Gasteiger partial charge in [-0.2, -0.15) is 0 Å². The summed E-state index contributed by atoms with van der Waals surface area (Å²) in [6, 6.07) is 12.8. The number of hydrogen-bond acceptors (Lipinski definition) is 7. The van der Waals surface area contributed by atoms with E-state index < -0.39 is 41.1 Å². The van der Waals surface area contributed by atoms with Crippen molar-refractivity contribution >= 4 is 23.8 Å². The number of nitrogens with one attached hydrogen (secondary N) is 2. The molecule has 0 fully saturated rings. The van der Waals surface area contributed by atoms with Crippen LogP contribution in [0.25, 0.3) is 0 Å². The van der Waals surface area contributed by atoms with Gasteiger partial charge < -0.3 is 30.7 Å². The van der Waals surface area contributed by atoms with Crippen LogP contribution in [-0.2, 0) is 4.74 Å². The summed E-state index contributed by atoms with van der Waals surface area (Å²) in [5, 5.41) is 33.6. The zero-order valence-electron chi connectivity index (χ0n) is 22.8. The number of alkyl carbamates (subject to hydrolysis) is 1. The molecule has 10 nitrogen and oxygen atoms in total. The smallest absolute Gasteiger partial charge is 0.408 e. The van der Waals surface area contributed by atoms with E-state index in [4.69, 9.17) is 9.84 Å². The van der Waals surface area contributed by atoms with Gasteiger partial charge in [0.1, 0.15) is 11.2 Å². The van der Waals surface area contributed by atoms with Crippen LogP contribution in [0.2, 0.25) is 0 Å². The van der Waals surface area contributed by atoms with Gasteiger partial charge in [0.05, 0.1) is 0 Å². The minimum atomic E-state index is -1.53. The average molecular weight is 543 g/mol. The first-order valence-electron chi connectivity index (χ1n) is 12.9. The lowest BCUT2D eigenvalue weighted by Crippen LogP contribution is -2.31. The molecule has 0 spiro atoms. The van der Waals surface area contributed by atoms with E-state index in [1.807, 2.05) is 0 Å². The van der Waals surface area contributed by atoms with Crippen molar-refractivity contribution in [2.24, 2.45) is 0 Å². The Morgan fingerprint density at radius 3 is 1.44 bits per heavy atom. The van der Waals surface area contributed by atoms with E-state index in [1.165, 1.54) is 27.7 Å². The summed E-state index contributed by atoms with van der Waals surface area (Å²) in [4.78, 5) is 47.9. The van der Waals surface area contributed by atoms with Gasteiger partial charge in [-0.1, -0.05) is 61.4 Å². The molecule has 0 saturated carbocycles. The quantitative estimate of drug-likeness (QED) is 0.175. The van der Waals surface area contributed by atoms with E-state index in [0.717, 1.165) is 12.8 Å². The lowest BCUT2D eigenvalue weighted by Gasteiger charge is -2.21. The number of amides is 2. The molecule has 2 aromatic rings. The van der Waals surface area contributed by atoms with Gasteiger partial charge in [0.15, 0.2) is 17.7 Å². The first-order chi connectivity index (χ1) is 18.2. The Bertz CT molecular complexity index is 1060. The number of unbranched alkanes of at least 4 members (excludes halogenated alkanes) is 3. The van der Waals surface area contributed by atoms with Crippen LogP contribution in [0.1, 0.15) is 91.3 Å². The van der Waals surface area contributed by atoms with Gasteiger partial charge >= 0.3 is 12.2 Å². The van der Waals surface area contributed by atoms with Crippen LogP contribution in [0.4, 0.5) is 9.59 Å². The van der Waals surface area contributed by atoms with Crippen LogP contribution in [-0.4, -0.2) is 63.4 Å². The van der Waals surface area contributed by atoms with Crippen molar-refractivity contribution in [1.82, 2.24) is 10.6 Å². The Labute approximate surface area is 228 Å². The predicted molar refractivity (Wildman–Crippen MR) is 145 cm³/mol. The molecule has 2 rings (SSSR count). The van der Waals surface area contributed by atoms with Crippen molar-refractivity contribution in [3.63, 3.8) is 0 Å². The third kappa shape index (κ3) is 10.1. The number of hydrogen-bond donors (Lipinski definition) is 5. The Hall–Kier alpha value is -3.76. The van der Waals surface area contributed by atoms with Crippen molar-refractivity contribution in [3.8, 4) is 0 Å². The second-order valence-corrected chi connectivity index (χ2v) is 10.4. The van der Waals surface area contributed by atoms with Crippen LogP contribution < -0.4 is 10.6 Å². The number of ketones is 2. The van der Waals surface area contributed by atoms with Crippen molar-refractivity contribution < 1.29 is 39.2 Å². The van der Waals surface area contributed by atoms with Crippen LogP contribution in [0.15, 0.2) is 48.5 Å². The lowest BCUT2D eigenvalue weighted by molar-refractivity contribution is 0.0487. The van der Waals surface area contributed by atoms with Gasteiger partial charge in [0.2, 0.25) is 0 Å². The van der Waals surface area contributed by atoms with Gasteiger partial charge in [-0.3, -0.25) is 9.59 Å². The molecule has 0 atom stereocenters. The predicted octanol–water partition coefficient (Wildman–Crippen LogP) is 4.24. The highest BCUT2D eigenvalue weighted by molar-refractivity contribution is 6.02. The molecule has 0 radical (unpaired) electrons. The number of Topliss-reactive ketones (excluding diaryl/α,β-unsaturated/α-hetero) is 2. The van der Waals surface area contributed by atoms with Crippen molar-refractivity contribution in [2.75, 3.05) is 13.1 Å². The van der Waals surface area contributed by atoms with Crippen LogP contribution >= 0.6 is 0 Å². The molecule has 5 N–H and O–H groups in total. The molecule has 0 aliphatic heterocycles. The Morgan fingerprint density at radius 2 is 1.08 bits per heavy atom. The van der Waals surface area contributed by atoms with Crippen molar-refractivity contribution in [3.05, 3.63) is 70.8 Å². The Kier molecular flexibility index (Phi) is 11.2.